The van der Waals surface area contributed by atoms with Crippen LogP contribution in [0, 0.1) is 0 Å². The van der Waals surface area contributed by atoms with Gasteiger partial charge < -0.3 is 4.74 Å². The van der Waals surface area contributed by atoms with Crippen molar-refractivity contribution in [3.63, 3.8) is 0 Å². The van der Waals surface area contributed by atoms with Crippen LogP contribution >= 0.6 is 0 Å². The maximum absolute atomic E-state index is 11.9. The first-order chi connectivity index (χ1) is 21.2. The number of carbonyl (C=O) groups excluding carboxylic acids is 2. The molecule has 0 aromatic heterocycles. The number of ether oxygens (including phenoxy) is 1. The summed E-state index contributed by atoms with van der Waals surface area (Å²) in [6.45, 7) is 4.53. The molecule has 0 saturated carbocycles. The fraction of sp³-hybridized carbons (Fsp3) is 0.850. The standard InChI is InChI=1S/C40H74O3.Al.3H/c1-3-5-7-9-11-13-15-17-19-20-21-22-24-26-28-30-32-34-36-38-40(42)43-39(41)37-35-33-31-29-27-25-23-18-16-14-12-10-8-6-4-2;;;;/h12,14,18,23H,3-11,13,15-17,19-22,24-38H2,1-2H3;;;;/b14-12-,23-18-;;;;. The molecule has 0 unspecified atom stereocenters. The van der Waals surface area contributed by atoms with E-state index >= 15 is 0 Å². The lowest BCUT2D eigenvalue weighted by atomic mass is 10.0. The highest BCUT2D eigenvalue weighted by Gasteiger charge is 2.09. The number of rotatable bonds is 34. The summed E-state index contributed by atoms with van der Waals surface area (Å²) in [7, 11) is 0. The van der Waals surface area contributed by atoms with Gasteiger partial charge in [0.2, 0.25) is 0 Å². The molecule has 0 heterocycles. The zero-order chi connectivity index (χ0) is 31.3. The molecule has 0 saturated heterocycles. The second-order valence-electron chi connectivity index (χ2n) is 12.9. The van der Waals surface area contributed by atoms with Gasteiger partial charge in [0.1, 0.15) is 0 Å². The van der Waals surface area contributed by atoms with Crippen molar-refractivity contribution < 1.29 is 14.3 Å². The first-order valence-corrected chi connectivity index (χ1v) is 19.2. The molecule has 0 rings (SSSR count). The molecule has 0 spiro atoms. The number of allylic oxidation sites excluding steroid dienone is 4. The maximum Gasteiger partial charge on any atom is 0.313 e. The minimum Gasteiger partial charge on any atom is -0.393 e. The Bertz CT molecular complexity index is 643. The van der Waals surface area contributed by atoms with Crippen molar-refractivity contribution in [1.29, 1.82) is 0 Å². The van der Waals surface area contributed by atoms with Crippen molar-refractivity contribution in [3.05, 3.63) is 24.3 Å². The molecule has 0 aliphatic carbocycles. The molecule has 0 amide bonds. The smallest absolute Gasteiger partial charge is 0.313 e. The van der Waals surface area contributed by atoms with Crippen LogP contribution in [0.15, 0.2) is 24.3 Å². The molecule has 44 heavy (non-hydrogen) atoms. The Labute approximate surface area is 286 Å². The van der Waals surface area contributed by atoms with Crippen LogP contribution in [-0.4, -0.2) is 29.3 Å². The molecule has 0 fully saturated rings. The predicted octanol–water partition coefficient (Wildman–Crippen LogP) is 12.5. The number of carbonyl (C=O) groups is 2. The van der Waals surface area contributed by atoms with Crippen LogP contribution in [0.4, 0.5) is 0 Å². The topological polar surface area (TPSA) is 43.4 Å². The van der Waals surface area contributed by atoms with Crippen molar-refractivity contribution in [2.45, 2.75) is 219 Å². The SMILES string of the molecule is CCCCC/C=C\C/C=C\CCCCCCCC(=O)OC(=O)CCCCCCCCCCCCCCCCCCCCC.[AlH3]. The van der Waals surface area contributed by atoms with Gasteiger partial charge in [-0.15, -0.1) is 0 Å². The normalized spacial score (nSPS) is 11.4. The van der Waals surface area contributed by atoms with Crippen LogP contribution in [-0.2, 0) is 14.3 Å². The zero-order valence-corrected chi connectivity index (χ0v) is 29.2. The minimum atomic E-state index is -0.339. The van der Waals surface area contributed by atoms with E-state index < -0.39 is 0 Å². The Morgan fingerprint density at radius 1 is 0.386 bits per heavy atom. The zero-order valence-electron chi connectivity index (χ0n) is 29.2. The van der Waals surface area contributed by atoms with Crippen LogP contribution in [0.25, 0.3) is 0 Å². The Hall–Kier alpha value is -0.848. The van der Waals surface area contributed by atoms with Gasteiger partial charge in [-0.05, 0) is 44.9 Å². The number of unbranched alkanes of at least 4 members (excludes halogenated alkanes) is 26. The quantitative estimate of drug-likeness (QED) is 0.0233. The summed E-state index contributed by atoms with van der Waals surface area (Å²) in [5.74, 6) is -0.673. The molecule has 0 aromatic rings. The minimum absolute atomic E-state index is 0. The lowest BCUT2D eigenvalue weighted by Gasteiger charge is -2.05. The van der Waals surface area contributed by atoms with Gasteiger partial charge in [0.25, 0.3) is 0 Å². The average Bonchev–Trinajstić information content (AvgIpc) is 3.00. The number of hydrogen-bond acceptors (Lipinski definition) is 3. The predicted molar refractivity (Wildman–Crippen MR) is 198 cm³/mol. The van der Waals surface area contributed by atoms with Crippen LogP contribution in [0.3, 0.4) is 0 Å². The first kappa shape index (κ1) is 45.3. The molecule has 0 radical (unpaired) electrons. The number of hydrogen-bond donors (Lipinski definition) is 0. The van der Waals surface area contributed by atoms with Gasteiger partial charge in [-0.3, -0.25) is 9.59 Å². The van der Waals surface area contributed by atoms with Gasteiger partial charge >= 0.3 is 11.9 Å². The van der Waals surface area contributed by atoms with Crippen molar-refractivity contribution in [2.75, 3.05) is 0 Å². The molecule has 0 aliphatic rings. The van der Waals surface area contributed by atoms with Gasteiger partial charge in [0.15, 0.2) is 17.4 Å². The molecule has 258 valence electrons. The first-order valence-electron chi connectivity index (χ1n) is 19.2. The fourth-order valence-corrected chi connectivity index (χ4v) is 5.66. The van der Waals surface area contributed by atoms with Gasteiger partial charge in [-0.25, -0.2) is 0 Å². The molecule has 0 aromatic carbocycles. The third-order valence-corrected chi connectivity index (χ3v) is 8.54. The van der Waals surface area contributed by atoms with Gasteiger partial charge in [0.05, 0.1) is 0 Å². The Balaban J connectivity index is 0. The molecular formula is C40H77AlO3. The monoisotopic (exact) mass is 633 g/mol. The van der Waals surface area contributed by atoms with Crippen molar-refractivity contribution in [1.82, 2.24) is 0 Å². The summed E-state index contributed by atoms with van der Waals surface area (Å²) in [5, 5.41) is 0. The molecule has 0 atom stereocenters. The van der Waals surface area contributed by atoms with E-state index in [2.05, 4.69) is 38.2 Å². The van der Waals surface area contributed by atoms with Gasteiger partial charge in [-0.2, -0.15) is 0 Å². The average molecular weight is 633 g/mol. The highest BCUT2D eigenvalue weighted by Crippen LogP contribution is 2.15. The molecule has 4 heteroatoms. The summed E-state index contributed by atoms with van der Waals surface area (Å²) in [6.07, 6.45) is 48.1. The summed E-state index contributed by atoms with van der Waals surface area (Å²) >= 11 is 0. The summed E-state index contributed by atoms with van der Waals surface area (Å²) in [5.41, 5.74) is 0. The Morgan fingerprint density at radius 2 is 0.659 bits per heavy atom. The summed E-state index contributed by atoms with van der Waals surface area (Å²) < 4.78 is 5.01. The third kappa shape index (κ3) is 39.2. The fourth-order valence-electron chi connectivity index (χ4n) is 5.66. The largest absolute Gasteiger partial charge is 0.393 e. The van der Waals surface area contributed by atoms with E-state index in [1.165, 1.54) is 148 Å². The Morgan fingerprint density at radius 3 is 1.02 bits per heavy atom. The van der Waals surface area contributed by atoms with Crippen LogP contribution in [0.1, 0.15) is 219 Å². The van der Waals surface area contributed by atoms with Crippen molar-refractivity contribution in [2.24, 2.45) is 0 Å². The van der Waals surface area contributed by atoms with Crippen molar-refractivity contribution in [3.8, 4) is 0 Å². The van der Waals surface area contributed by atoms with Crippen molar-refractivity contribution >= 4 is 29.3 Å². The van der Waals surface area contributed by atoms with E-state index in [9.17, 15) is 9.59 Å². The summed E-state index contributed by atoms with van der Waals surface area (Å²) in [4.78, 5) is 23.9. The second-order valence-corrected chi connectivity index (χ2v) is 12.9. The van der Waals surface area contributed by atoms with Gasteiger partial charge in [-0.1, -0.05) is 186 Å². The summed E-state index contributed by atoms with van der Waals surface area (Å²) in [6, 6.07) is 0. The van der Waals surface area contributed by atoms with E-state index in [1.807, 2.05) is 0 Å². The van der Waals surface area contributed by atoms with Crippen LogP contribution in [0.2, 0.25) is 0 Å². The molecule has 0 aliphatic heterocycles. The lowest BCUT2D eigenvalue weighted by Crippen LogP contribution is -2.11. The molecule has 0 bridgehead atoms. The third-order valence-electron chi connectivity index (χ3n) is 8.54. The Kier molecular flexibility index (Phi) is 41.3. The van der Waals surface area contributed by atoms with E-state index in [0.717, 1.165) is 44.9 Å². The maximum atomic E-state index is 11.9. The second kappa shape index (κ2) is 40.2. The van der Waals surface area contributed by atoms with Crippen LogP contribution < -0.4 is 0 Å². The van der Waals surface area contributed by atoms with E-state index in [-0.39, 0.29) is 29.3 Å². The molecule has 3 nitrogen and oxygen atoms in total. The van der Waals surface area contributed by atoms with Gasteiger partial charge in [0, 0.05) is 12.8 Å². The van der Waals surface area contributed by atoms with Crippen LogP contribution in [0.5, 0.6) is 0 Å². The van der Waals surface area contributed by atoms with E-state index in [1.54, 1.807) is 0 Å². The molecular weight excluding hydrogens is 555 g/mol. The highest BCUT2D eigenvalue weighted by atomic mass is 27.0. The lowest BCUT2D eigenvalue weighted by molar-refractivity contribution is -0.159. The van der Waals surface area contributed by atoms with E-state index in [4.69, 9.17) is 4.74 Å². The van der Waals surface area contributed by atoms with E-state index in [0.29, 0.717) is 12.8 Å². The number of esters is 2. The molecule has 0 N–H and O–H groups in total. The highest BCUT2D eigenvalue weighted by molar-refractivity contribution is 5.85.